The lowest BCUT2D eigenvalue weighted by atomic mass is 10.1. The van der Waals surface area contributed by atoms with Gasteiger partial charge in [-0.15, -0.1) is 0 Å². The molecule has 9 heteroatoms. The van der Waals surface area contributed by atoms with E-state index in [4.69, 9.17) is 0 Å². The van der Waals surface area contributed by atoms with Crippen LogP contribution in [0.15, 0.2) is 53.4 Å². The maximum absolute atomic E-state index is 12.5. The van der Waals surface area contributed by atoms with Crippen molar-refractivity contribution in [3.05, 3.63) is 59.7 Å². The Hall–Kier alpha value is -2.52. The summed E-state index contributed by atoms with van der Waals surface area (Å²) in [5.74, 6) is -0.223. The number of nitrogens with one attached hydrogen (secondary N) is 1. The number of carbonyl (C=O) groups excluding carboxylic acids is 1. The van der Waals surface area contributed by atoms with E-state index < -0.39 is 16.6 Å². The second-order valence-electron chi connectivity index (χ2n) is 6.50. The third kappa shape index (κ3) is 6.50. The molecule has 2 aromatic carbocycles. The number of carbonyl (C=O) groups is 1. The first kappa shape index (κ1) is 23.8. The number of hydrogen-bond acceptors (Lipinski definition) is 4. The third-order valence-electron chi connectivity index (χ3n) is 4.57. The summed E-state index contributed by atoms with van der Waals surface area (Å²) in [5, 5.41) is 2.68. The number of aryl methyl sites for hydroxylation is 1. The van der Waals surface area contributed by atoms with Gasteiger partial charge in [-0.2, -0.15) is 13.1 Å². The van der Waals surface area contributed by atoms with Crippen LogP contribution in [0.4, 0.5) is 8.78 Å². The van der Waals surface area contributed by atoms with Crippen LogP contribution in [0.3, 0.4) is 0 Å². The molecule has 0 fully saturated rings. The highest BCUT2D eigenvalue weighted by atomic mass is 32.2. The zero-order valence-corrected chi connectivity index (χ0v) is 17.8. The number of benzene rings is 2. The van der Waals surface area contributed by atoms with Crippen molar-refractivity contribution in [2.24, 2.45) is 0 Å². The summed E-state index contributed by atoms with van der Waals surface area (Å²) in [6.07, 6.45) is 0.604. The lowest BCUT2D eigenvalue weighted by molar-refractivity contribution is -0.121. The molecule has 2 rings (SSSR count). The van der Waals surface area contributed by atoms with Crippen molar-refractivity contribution in [1.82, 2.24) is 9.62 Å². The van der Waals surface area contributed by atoms with Crippen molar-refractivity contribution in [1.29, 1.82) is 0 Å². The maximum atomic E-state index is 12.5. The van der Waals surface area contributed by atoms with E-state index in [2.05, 4.69) is 10.1 Å². The Labute approximate surface area is 175 Å². The predicted molar refractivity (Wildman–Crippen MR) is 110 cm³/mol. The standard InChI is InChI=1S/C21H26F2N2O4S/c1-3-25(4-2)30(27,28)18-12-9-16(10-13-18)11-14-20(26)24-15-17-7-5-6-8-19(17)29-21(22)23/h5-10,12-13,21H,3-4,11,14-15H2,1-2H3,(H,24,26). The van der Waals surface area contributed by atoms with Gasteiger partial charge in [-0.1, -0.05) is 44.2 Å². The van der Waals surface area contributed by atoms with Gasteiger partial charge in [-0.25, -0.2) is 8.42 Å². The highest BCUT2D eigenvalue weighted by molar-refractivity contribution is 7.89. The van der Waals surface area contributed by atoms with E-state index in [-0.39, 0.29) is 29.5 Å². The van der Waals surface area contributed by atoms with Gasteiger partial charge in [0.1, 0.15) is 5.75 Å². The highest BCUT2D eigenvalue weighted by Crippen LogP contribution is 2.20. The minimum absolute atomic E-state index is 0.0257. The molecular weight excluding hydrogens is 414 g/mol. The number of para-hydroxylation sites is 1. The Morgan fingerprint density at radius 2 is 1.70 bits per heavy atom. The Balaban J connectivity index is 1.90. The number of hydrogen-bond donors (Lipinski definition) is 1. The van der Waals surface area contributed by atoms with Crippen LogP contribution >= 0.6 is 0 Å². The van der Waals surface area contributed by atoms with Gasteiger partial charge in [0.2, 0.25) is 15.9 Å². The number of halogens is 2. The van der Waals surface area contributed by atoms with Crippen LogP contribution < -0.4 is 10.1 Å². The summed E-state index contributed by atoms with van der Waals surface area (Å²) < 4.78 is 55.7. The van der Waals surface area contributed by atoms with Crippen LogP contribution in [0.1, 0.15) is 31.4 Å². The van der Waals surface area contributed by atoms with Crippen molar-refractivity contribution in [2.45, 2.75) is 44.7 Å². The van der Waals surface area contributed by atoms with Crippen molar-refractivity contribution < 1.29 is 26.7 Å². The first-order valence-electron chi connectivity index (χ1n) is 9.66. The molecule has 6 nitrogen and oxygen atoms in total. The fourth-order valence-corrected chi connectivity index (χ4v) is 4.40. The van der Waals surface area contributed by atoms with E-state index in [0.29, 0.717) is 25.1 Å². The number of rotatable bonds is 11. The molecule has 0 aliphatic rings. The van der Waals surface area contributed by atoms with Crippen molar-refractivity contribution in [3.8, 4) is 5.75 Å². The van der Waals surface area contributed by atoms with Gasteiger partial charge in [0.05, 0.1) is 4.90 Å². The van der Waals surface area contributed by atoms with Gasteiger partial charge in [0.15, 0.2) is 0 Å². The summed E-state index contributed by atoms with van der Waals surface area (Å²) in [4.78, 5) is 12.3. The average molecular weight is 441 g/mol. The minimum atomic E-state index is -3.51. The average Bonchev–Trinajstić information content (AvgIpc) is 2.72. The highest BCUT2D eigenvalue weighted by Gasteiger charge is 2.21. The van der Waals surface area contributed by atoms with Crippen molar-refractivity contribution >= 4 is 15.9 Å². The molecule has 0 saturated carbocycles. The van der Waals surface area contributed by atoms with Crippen LogP contribution in [0, 0.1) is 0 Å². The minimum Gasteiger partial charge on any atom is -0.434 e. The molecule has 0 spiro atoms. The molecule has 0 aromatic heterocycles. The first-order chi connectivity index (χ1) is 14.3. The molecule has 1 N–H and O–H groups in total. The van der Waals surface area contributed by atoms with Crippen LogP contribution in [0.2, 0.25) is 0 Å². The largest absolute Gasteiger partial charge is 0.434 e. The topological polar surface area (TPSA) is 75.7 Å². The molecule has 0 aliphatic heterocycles. The van der Waals surface area contributed by atoms with Crippen LogP contribution in [0.5, 0.6) is 5.75 Å². The summed E-state index contributed by atoms with van der Waals surface area (Å²) >= 11 is 0. The summed E-state index contributed by atoms with van der Waals surface area (Å²) in [7, 11) is -3.51. The summed E-state index contributed by atoms with van der Waals surface area (Å²) in [5.41, 5.74) is 1.28. The molecule has 164 valence electrons. The summed E-state index contributed by atoms with van der Waals surface area (Å²) in [6, 6.07) is 12.7. The van der Waals surface area contributed by atoms with E-state index in [1.807, 2.05) is 0 Å². The number of alkyl halides is 2. The van der Waals surface area contributed by atoms with Crippen LogP contribution in [-0.2, 0) is 27.8 Å². The zero-order chi connectivity index (χ0) is 22.1. The Morgan fingerprint density at radius 3 is 2.30 bits per heavy atom. The second-order valence-corrected chi connectivity index (χ2v) is 8.43. The molecule has 2 aromatic rings. The lowest BCUT2D eigenvalue weighted by Crippen LogP contribution is -2.30. The van der Waals surface area contributed by atoms with Gasteiger partial charge < -0.3 is 10.1 Å². The third-order valence-corrected chi connectivity index (χ3v) is 6.64. The number of sulfonamides is 1. The molecule has 1 amide bonds. The second kappa shape index (κ2) is 11.0. The van der Waals surface area contributed by atoms with E-state index in [1.165, 1.54) is 10.4 Å². The summed E-state index contributed by atoms with van der Waals surface area (Å²) in [6.45, 7) is 1.50. The normalized spacial score (nSPS) is 11.7. The molecule has 30 heavy (non-hydrogen) atoms. The van der Waals surface area contributed by atoms with E-state index in [1.54, 1.807) is 56.3 Å². The van der Waals surface area contributed by atoms with E-state index >= 15 is 0 Å². The van der Waals surface area contributed by atoms with Crippen LogP contribution in [-0.4, -0.2) is 38.3 Å². The molecule has 0 radical (unpaired) electrons. The van der Waals surface area contributed by atoms with E-state index in [9.17, 15) is 22.0 Å². The molecule has 0 aliphatic carbocycles. The fourth-order valence-electron chi connectivity index (χ4n) is 2.94. The first-order valence-corrected chi connectivity index (χ1v) is 11.1. The van der Waals surface area contributed by atoms with Crippen molar-refractivity contribution in [3.63, 3.8) is 0 Å². The quantitative estimate of drug-likeness (QED) is 0.580. The predicted octanol–water partition coefficient (Wildman–Crippen LogP) is 3.57. The Kier molecular flexibility index (Phi) is 8.73. The fraction of sp³-hybridized carbons (Fsp3) is 0.381. The number of amides is 1. The van der Waals surface area contributed by atoms with Gasteiger partial charge >= 0.3 is 6.61 Å². The molecule has 0 unspecified atom stereocenters. The smallest absolute Gasteiger partial charge is 0.387 e. The molecule has 0 heterocycles. The monoisotopic (exact) mass is 440 g/mol. The zero-order valence-electron chi connectivity index (χ0n) is 17.0. The van der Waals surface area contributed by atoms with Gasteiger partial charge in [-0.05, 0) is 30.2 Å². The Bertz CT molecular complexity index is 930. The lowest BCUT2D eigenvalue weighted by Gasteiger charge is -2.18. The molecular formula is C21H26F2N2O4S. The van der Waals surface area contributed by atoms with Gasteiger partial charge in [-0.3, -0.25) is 4.79 Å². The SMILES string of the molecule is CCN(CC)S(=O)(=O)c1ccc(CCC(=O)NCc2ccccc2OC(F)F)cc1. The molecule has 0 atom stereocenters. The van der Waals surface area contributed by atoms with Gasteiger partial charge in [0.25, 0.3) is 0 Å². The molecule has 0 saturated heterocycles. The number of nitrogens with zero attached hydrogens (tertiary/aromatic N) is 1. The van der Waals surface area contributed by atoms with Crippen molar-refractivity contribution in [2.75, 3.05) is 13.1 Å². The molecule has 0 bridgehead atoms. The Morgan fingerprint density at radius 1 is 1.07 bits per heavy atom. The maximum Gasteiger partial charge on any atom is 0.387 e. The van der Waals surface area contributed by atoms with E-state index in [0.717, 1.165) is 5.56 Å². The van der Waals surface area contributed by atoms with Crippen LogP contribution in [0.25, 0.3) is 0 Å². The number of ether oxygens (including phenoxy) is 1. The van der Waals surface area contributed by atoms with Gasteiger partial charge in [0, 0.05) is 31.6 Å².